The molecule has 0 radical (unpaired) electrons. The summed E-state index contributed by atoms with van der Waals surface area (Å²) in [6.45, 7) is 4.61. The molecule has 2 aromatic carbocycles. The van der Waals surface area contributed by atoms with E-state index in [0.717, 1.165) is 36.1 Å². The molecule has 0 aliphatic heterocycles. The van der Waals surface area contributed by atoms with Gasteiger partial charge in [-0.25, -0.2) is 0 Å². The molecule has 0 spiro atoms. The summed E-state index contributed by atoms with van der Waals surface area (Å²) in [6.07, 6.45) is 3.23. The van der Waals surface area contributed by atoms with E-state index >= 15 is 0 Å². The lowest BCUT2D eigenvalue weighted by Crippen LogP contribution is -2.05. The van der Waals surface area contributed by atoms with Gasteiger partial charge in [0.2, 0.25) is 0 Å². The van der Waals surface area contributed by atoms with Gasteiger partial charge in [0.05, 0.1) is 7.11 Å². The van der Waals surface area contributed by atoms with Crippen LogP contribution >= 0.6 is 0 Å². The van der Waals surface area contributed by atoms with E-state index in [0.29, 0.717) is 6.42 Å². The molecule has 0 saturated carbocycles. The Morgan fingerprint density at radius 2 is 1.75 bits per heavy atom. The first kappa shape index (κ1) is 20.4. The molecule has 1 heterocycles. The zero-order chi connectivity index (χ0) is 20.1. The summed E-state index contributed by atoms with van der Waals surface area (Å²) in [7, 11) is 1.68. The fraction of sp³-hybridized carbons (Fsp3) is 0.417. The van der Waals surface area contributed by atoms with Gasteiger partial charge >= 0.3 is 0 Å². The average molecular weight is 382 g/mol. The van der Waals surface area contributed by atoms with Gasteiger partial charge in [0.25, 0.3) is 0 Å². The highest BCUT2D eigenvalue weighted by Gasteiger charge is 2.20. The second-order valence-corrected chi connectivity index (χ2v) is 7.25. The summed E-state index contributed by atoms with van der Waals surface area (Å²) in [5.41, 5.74) is 7.11. The molecule has 0 bridgehead atoms. The van der Waals surface area contributed by atoms with Crippen molar-refractivity contribution in [1.29, 1.82) is 0 Å². The van der Waals surface area contributed by atoms with Gasteiger partial charge in [-0.15, -0.1) is 0 Å². The van der Waals surface area contributed by atoms with Crippen LogP contribution in [0, 0.1) is 0 Å². The van der Waals surface area contributed by atoms with Crippen LogP contribution < -0.4 is 4.74 Å². The molecule has 4 nitrogen and oxygen atoms in total. The van der Waals surface area contributed by atoms with Gasteiger partial charge in [-0.2, -0.15) is 0 Å². The molecule has 4 heteroatoms. The number of hydrogen-bond acceptors (Lipinski definition) is 3. The van der Waals surface area contributed by atoms with Crippen molar-refractivity contribution in [3.8, 4) is 16.9 Å². The Labute approximate surface area is 167 Å². The van der Waals surface area contributed by atoms with Gasteiger partial charge in [-0.1, -0.05) is 26.0 Å². The largest absolute Gasteiger partial charge is 0.497 e. The summed E-state index contributed by atoms with van der Waals surface area (Å²) in [5, 5.41) is 20.4. The smallest absolute Gasteiger partial charge is 0.118 e. The lowest BCUT2D eigenvalue weighted by Gasteiger charge is -2.14. The van der Waals surface area contributed by atoms with Crippen LogP contribution in [0.15, 0.2) is 36.4 Å². The normalized spacial score (nSPS) is 12.5. The number of aromatic nitrogens is 1. The second kappa shape index (κ2) is 9.26. The highest BCUT2D eigenvalue weighted by molar-refractivity contribution is 5.92. The van der Waals surface area contributed by atoms with Crippen molar-refractivity contribution in [2.24, 2.45) is 0 Å². The Hall–Kier alpha value is -2.30. The summed E-state index contributed by atoms with van der Waals surface area (Å²) in [6, 6.07) is 12.6. The first-order chi connectivity index (χ1) is 13.7. The molecule has 0 aliphatic carbocycles. The number of hydrogen-bond donors (Lipinski definition) is 3. The van der Waals surface area contributed by atoms with E-state index in [1.807, 2.05) is 12.1 Å². The van der Waals surface area contributed by atoms with Crippen molar-refractivity contribution >= 4 is 10.9 Å². The number of methoxy groups -OCH3 is 1. The maximum Gasteiger partial charge on any atom is 0.118 e. The van der Waals surface area contributed by atoms with Gasteiger partial charge in [0.15, 0.2) is 0 Å². The molecule has 3 rings (SSSR count). The van der Waals surface area contributed by atoms with Gasteiger partial charge in [-0.05, 0) is 72.2 Å². The van der Waals surface area contributed by atoms with Gasteiger partial charge in [0, 0.05) is 35.7 Å². The molecule has 0 saturated heterocycles. The summed E-state index contributed by atoms with van der Waals surface area (Å²) in [5.74, 6) is 1.12. The zero-order valence-electron chi connectivity index (χ0n) is 17.1. The summed E-state index contributed by atoms with van der Waals surface area (Å²) >= 11 is 0. The molecule has 3 aromatic rings. The molecule has 1 unspecified atom stereocenters. The molecule has 28 heavy (non-hydrogen) atoms. The average Bonchev–Trinajstić information content (AvgIpc) is 3.10. The van der Waals surface area contributed by atoms with E-state index in [1.165, 1.54) is 27.8 Å². The van der Waals surface area contributed by atoms with Gasteiger partial charge < -0.3 is 19.9 Å². The Morgan fingerprint density at radius 3 is 2.32 bits per heavy atom. The number of ether oxygens (including phenoxy) is 1. The topological polar surface area (TPSA) is 65.5 Å². The number of aryl methyl sites for hydroxylation is 1. The van der Waals surface area contributed by atoms with Crippen LogP contribution in [0.3, 0.4) is 0 Å². The zero-order valence-corrected chi connectivity index (χ0v) is 17.1. The van der Waals surface area contributed by atoms with Crippen LogP contribution in [0.25, 0.3) is 22.0 Å². The van der Waals surface area contributed by atoms with E-state index in [-0.39, 0.29) is 19.1 Å². The molecule has 1 aromatic heterocycles. The third kappa shape index (κ3) is 3.94. The number of fused-ring (bicyclic) bond motifs is 1. The van der Waals surface area contributed by atoms with Crippen LogP contribution in [0.2, 0.25) is 0 Å². The molecular weight excluding hydrogens is 350 g/mol. The summed E-state index contributed by atoms with van der Waals surface area (Å²) in [4.78, 5) is 3.66. The van der Waals surface area contributed by atoms with Crippen molar-refractivity contribution in [2.75, 3.05) is 20.3 Å². The first-order valence-electron chi connectivity index (χ1n) is 10.2. The second-order valence-electron chi connectivity index (χ2n) is 7.25. The number of aromatic amines is 1. The molecule has 150 valence electrons. The maximum atomic E-state index is 9.70. The Morgan fingerprint density at radius 1 is 1.00 bits per heavy atom. The van der Waals surface area contributed by atoms with Gasteiger partial charge in [0.1, 0.15) is 5.75 Å². The first-order valence-corrected chi connectivity index (χ1v) is 10.2. The predicted octanol–water partition coefficient (Wildman–Crippen LogP) is 4.82. The van der Waals surface area contributed by atoms with Crippen molar-refractivity contribution < 1.29 is 14.9 Å². The SMILES string of the molecule is CCc1cc(-c2ccc(OC)cc2)cc2c(CCO)c(C(CC)CCO)[nH]c12. The van der Waals surface area contributed by atoms with Crippen LogP contribution in [-0.4, -0.2) is 35.5 Å². The van der Waals surface area contributed by atoms with E-state index in [1.54, 1.807) is 7.11 Å². The van der Waals surface area contributed by atoms with E-state index in [9.17, 15) is 10.2 Å². The third-order valence-corrected chi connectivity index (χ3v) is 5.67. The molecule has 1 atom stereocenters. The predicted molar refractivity (Wildman–Crippen MR) is 115 cm³/mol. The van der Waals surface area contributed by atoms with Crippen LogP contribution in [0.4, 0.5) is 0 Å². The fourth-order valence-corrected chi connectivity index (χ4v) is 4.11. The number of nitrogens with one attached hydrogen (secondary N) is 1. The molecule has 0 aliphatic rings. The molecule has 3 N–H and O–H groups in total. The Bertz CT molecular complexity index is 912. The number of rotatable bonds is 9. The molecular formula is C24H31NO3. The van der Waals surface area contributed by atoms with Crippen molar-refractivity contribution in [3.63, 3.8) is 0 Å². The maximum absolute atomic E-state index is 9.70. The Balaban J connectivity index is 2.19. The van der Waals surface area contributed by atoms with Gasteiger partial charge in [-0.3, -0.25) is 0 Å². The van der Waals surface area contributed by atoms with Crippen molar-refractivity contribution in [1.82, 2.24) is 4.98 Å². The monoisotopic (exact) mass is 381 g/mol. The van der Waals surface area contributed by atoms with Crippen LogP contribution in [-0.2, 0) is 12.8 Å². The highest BCUT2D eigenvalue weighted by atomic mass is 16.5. The quantitative estimate of drug-likeness (QED) is 0.498. The van der Waals surface area contributed by atoms with Crippen molar-refractivity contribution in [3.05, 3.63) is 53.2 Å². The third-order valence-electron chi connectivity index (χ3n) is 5.67. The Kier molecular flexibility index (Phi) is 6.76. The highest BCUT2D eigenvalue weighted by Crippen LogP contribution is 2.36. The standard InChI is InChI=1S/C24H31NO3/c1-4-16(10-12-26)23-21(11-13-27)22-15-19(14-17(5-2)24(22)25-23)18-6-8-20(28-3)9-7-18/h6-9,14-16,25-27H,4-5,10-13H2,1-3H3. The number of H-pyrrole nitrogens is 1. The van der Waals surface area contributed by atoms with E-state index in [2.05, 4.69) is 43.1 Å². The van der Waals surface area contributed by atoms with Crippen LogP contribution in [0.1, 0.15) is 49.4 Å². The van der Waals surface area contributed by atoms with E-state index in [4.69, 9.17) is 4.74 Å². The number of aliphatic hydroxyl groups is 2. The minimum atomic E-state index is 0.115. The fourth-order valence-electron chi connectivity index (χ4n) is 4.11. The minimum Gasteiger partial charge on any atom is -0.497 e. The lowest BCUT2D eigenvalue weighted by molar-refractivity contribution is 0.272. The lowest BCUT2D eigenvalue weighted by atomic mass is 9.92. The van der Waals surface area contributed by atoms with E-state index < -0.39 is 0 Å². The number of aliphatic hydroxyl groups excluding tert-OH is 2. The van der Waals surface area contributed by atoms with Crippen molar-refractivity contribution in [2.45, 2.75) is 45.4 Å². The van der Waals surface area contributed by atoms with Crippen LogP contribution in [0.5, 0.6) is 5.75 Å². The molecule has 0 amide bonds. The molecule has 0 fully saturated rings. The summed E-state index contributed by atoms with van der Waals surface area (Å²) < 4.78 is 5.28. The number of benzene rings is 2. The minimum absolute atomic E-state index is 0.115.